The van der Waals surface area contributed by atoms with Gasteiger partial charge in [0.2, 0.25) is 0 Å². The third kappa shape index (κ3) is 2.33. The lowest BCUT2D eigenvalue weighted by Gasteiger charge is -2.22. The number of hydrogen-bond acceptors (Lipinski definition) is 3. The van der Waals surface area contributed by atoms with Crippen LogP contribution in [0.15, 0.2) is 6.20 Å². The minimum Gasteiger partial charge on any atom is -0.381 e. The normalized spacial score (nSPS) is 18.6. The third-order valence-corrected chi connectivity index (χ3v) is 3.18. The van der Waals surface area contributed by atoms with Crippen molar-refractivity contribution in [2.45, 2.75) is 24.7 Å². The summed E-state index contributed by atoms with van der Waals surface area (Å²) in [5.74, 6) is 0.697. The summed E-state index contributed by atoms with van der Waals surface area (Å²) in [4.78, 5) is 0. The first kappa shape index (κ1) is 10.1. The minimum atomic E-state index is 0.697. The van der Waals surface area contributed by atoms with Gasteiger partial charge in [0.25, 0.3) is 0 Å². The molecule has 0 N–H and O–H groups in total. The Morgan fingerprint density at radius 2 is 2.29 bits per heavy atom. The number of hydrogen-bond donors (Lipinski definition) is 0. The second-order valence-corrected chi connectivity index (χ2v) is 4.16. The maximum atomic E-state index is 5.32. The van der Waals surface area contributed by atoms with Gasteiger partial charge in [0.15, 0.2) is 0 Å². The number of rotatable bonds is 3. The topological polar surface area (TPSA) is 39.9 Å². The number of halogens is 1. The third-order valence-electron chi connectivity index (χ3n) is 2.61. The van der Waals surface area contributed by atoms with E-state index in [4.69, 9.17) is 4.74 Å². The summed E-state index contributed by atoms with van der Waals surface area (Å²) < 4.78 is 7.31. The summed E-state index contributed by atoms with van der Waals surface area (Å²) in [6.07, 6.45) is 4.09. The van der Waals surface area contributed by atoms with Gasteiger partial charge in [-0.05, 0) is 18.8 Å². The van der Waals surface area contributed by atoms with E-state index in [1.165, 1.54) is 0 Å². The molecule has 0 aromatic carbocycles. The Labute approximate surface area is 91.8 Å². The van der Waals surface area contributed by atoms with Crippen LogP contribution in [0.25, 0.3) is 0 Å². The molecule has 0 saturated carbocycles. The highest BCUT2D eigenvalue weighted by molar-refractivity contribution is 9.08. The molecule has 0 bridgehead atoms. The highest BCUT2D eigenvalue weighted by atomic mass is 79.9. The van der Waals surface area contributed by atoms with Crippen LogP contribution in [-0.4, -0.2) is 28.2 Å². The lowest BCUT2D eigenvalue weighted by atomic mass is 10.0. The first-order chi connectivity index (χ1) is 6.90. The zero-order valence-electron chi connectivity index (χ0n) is 8.03. The van der Waals surface area contributed by atoms with E-state index in [1.54, 1.807) is 0 Å². The second kappa shape index (κ2) is 4.89. The lowest BCUT2D eigenvalue weighted by Crippen LogP contribution is -2.21. The highest BCUT2D eigenvalue weighted by Crippen LogP contribution is 2.17. The molecular formula is C9H14BrN3O. The van der Waals surface area contributed by atoms with Crippen molar-refractivity contribution in [1.82, 2.24) is 15.0 Å². The molecule has 5 heteroatoms. The first-order valence-corrected chi connectivity index (χ1v) is 6.03. The molecule has 78 valence electrons. The Morgan fingerprint density at radius 1 is 1.50 bits per heavy atom. The van der Waals surface area contributed by atoms with Crippen LogP contribution in [0.4, 0.5) is 0 Å². The minimum absolute atomic E-state index is 0.697. The zero-order chi connectivity index (χ0) is 9.80. The van der Waals surface area contributed by atoms with Crippen LogP contribution in [-0.2, 0) is 16.6 Å². The van der Waals surface area contributed by atoms with Crippen molar-refractivity contribution in [2.75, 3.05) is 13.2 Å². The summed E-state index contributed by atoms with van der Waals surface area (Å²) in [6, 6.07) is 0. The smallest absolute Gasteiger partial charge is 0.0733 e. The number of aromatic nitrogens is 3. The van der Waals surface area contributed by atoms with Gasteiger partial charge >= 0.3 is 0 Å². The van der Waals surface area contributed by atoms with Gasteiger partial charge in [0.05, 0.1) is 11.9 Å². The van der Waals surface area contributed by atoms with Crippen LogP contribution >= 0.6 is 15.9 Å². The van der Waals surface area contributed by atoms with Gasteiger partial charge in [0, 0.05) is 25.1 Å². The van der Waals surface area contributed by atoms with Crippen LogP contribution < -0.4 is 0 Å². The average Bonchev–Trinajstić information content (AvgIpc) is 2.67. The van der Waals surface area contributed by atoms with Crippen molar-refractivity contribution in [3.8, 4) is 0 Å². The van der Waals surface area contributed by atoms with Crippen molar-refractivity contribution in [2.24, 2.45) is 5.92 Å². The van der Waals surface area contributed by atoms with E-state index in [-0.39, 0.29) is 0 Å². The molecule has 0 radical (unpaired) electrons. The van der Waals surface area contributed by atoms with Crippen molar-refractivity contribution in [3.05, 3.63) is 11.9 Å². The molecule has 1 aromatic heterocycles. The monoisotopic (exact) mass is 259 g/mol. The summed E-state index contributed by atoms with van der Waals surface area (Å²) in [5, 5.41) is 8.81. The lowest BCUT2D eigenvalue weighted by molar-refractivity contribution is 0.0597. The van der Waals surface area contributed by atoms with Gasteiger partial charge in [0.1, 0.15) is 0 Å². The van der Waals surface area contributed by atoms with Crippen LogP contribution in [0.2, 0.25) is 0 Å². The molecule has 1 fully saturated rings. The Morgan fingerprint density at radius 3 is 3.00 bits per heavy atom. The van der Waals surface area contributed by atoms with Crippen molar-refractivity contribution >= 4 is 15.9 Å². The molecule has 1 aliphatic heterocycles. The summed E-state index contributed by atoms with van der Waals surface area (Å²) in [5.41, 5.74) is 1.15. The number of nitrogens with zero attached hydrogens (tertiary/aromatic N) is 3. The Hall–Kier alpha value is -0.420. The van der Waals surface area contributed by atoms with Crippen LogP contribution in [0, 0.1) is 5.92 Å². The van der Waals surface area contributed by atoms with Crippen LogP contribution in [0.5, 0.6) is 0 Å². The number of ether oxygens (including phenoxy) is 1. The van der Waals surface area contributed by atoms with E-state index in [0.29, 0.717) is 5.92 Å². The molecule has 0 spiro atoms. The molecule has 1 aromatic rings. The molecule has 0 unspecified atom stereocenters. The van der Waals surface area contributed by atoms with Crippen molar-refractivity contribution < 1.29 is 4.74 Å². The molecule has 1 aliphatic rings. The maximum absolute atomic E-state index is 5.32. The second-order valence-electron chi connectivity index (χ2n) is 3.60. The standard InChI is InChI=1S/C9H14BrN3O/c10-5-9-6-11-12-13(9)7-8-1-3-14-4-2-8/h6,8H,1-5,7H2. The number of alkyl halides is 1. The summed E-state index contributed by atoms with van der Waals surface area (Å²) in [6.45, 7) is 2.76. The van der Waals surface area contributed by atoms with E-state index < -0.39 is 0 Å². The Balaban J connectivity index is 1.95. The fourth-order valence-electron chi connectivity index (χ4n) is 1.71. The molecule has 2 rings (SSSR count). The summed E-state index contributed by atoms with van der Waals surface area (Å²) >= 11 is 3.43. The van der Waals surface area contributed by atoms with Crippen LogP contribution in [0.1, 0.15) is 18.5 Å². The Kier molecular flexibility index (Phi) is 3.53. The molecule has 2 heterocycles. The molecule has 0 aliphatic carbocycles. The molecule has 14 heavy (non-hydrogen) atoms. The highest BCUT2D eigenvalue weighted by Gasteiger charge is 2.15. The fourth-order valence-corrected chi connectivity index (χ4v) is 2.14. The molecule has 0 atom stereocenters. The van der Waals surface area contributed by atoms with E-state index in [1.807, 2.05) is 10.9 Å². The predicted octanol–water partition coefficient (Wildman–Crippen LogP) is 1.60. The SMILES string of the molecule is BrCc1cnnn1CC1CCOCC1. The van der Waals surface area contributed by atoms with Gasteiger partial charge in [-0.15, -0.1) is 5.10 Å². The van der Waals surface area contributed by atoms with Gasteiger partial charge < -0.3 is 4.74 Å². The predicted molar refractivity (Wildman–Crippen MR) is 56.2 cm³/mol. The van der Waals surface area contributed by atoms with Gasteiger partial charge in [-0.3, -0.25) is 0 Å². The molecule has 4 nitrogen and oxygen atoms in total. The van der Waals surface area contributed by atoms with Crippen molar-refractivity contribution in [1.29, 1.82) is 0 Å². The molecule has 0 amide bonds. The first-order valence-electron chi connectivity index (χ1n) is 4.91. The van der Waals surface area contributed by atoms with Crippen LogP contribution in [0.3, 0.4) is 0 Å². The maximum Gasteiger partial charge on any atom is 0.0733 e. The van der Waals surface area contributed by atoms with Gasteiger partial charge in [-0.2, -0.15) is 0 Å². The van der Waals surface area contributed by atoms with E-state index in [0.717, 1.165) is 43.6 Å². The quantitative estimate of drug-likeness (QED) is 0.775. The zero-order valence-corrected chi connectivity index (χ0v) is 9.61. The summed E-state index contributed by atoms with van der Waals surface area (Å²) in [7, 11) is 0. The largest absolute Gasteiger partial charge is 0.381 e. The van der Waals surface area contributed by atoms with E-state index in [2.05, 4.69) is 26.2 Å². The van der Waals surface area contributed by atoms with Gasteiger partial charge in [-0.25, -0.2) is 4.68 Å². The molecular weight excluding hydrogens is 246 g/mol. The van der Waals surface area contributed by atoms with E-state index >= 15 is 0 Å². The van der Waals surface area contributed by atoms with Crippen molar-refractivity contribution in [3.63, 3.8) is 0 Å². The van der Waals surface area contributed by atoms with Gasteiger partial charge in [-0.1, -0.05) is 21.1 Å². The fraction of sp³-hybridized carbons (Fsp3) is 0.778. The Bertz CT molecular complexity index is 283. The van der Waals surface area contributed by atoms with E-state index in [9.17, 15) is 0 Å². The average molecular weight is 260 g/mol. The molecule has 1 saturated heterocycles.